The second-order valence-electron chi connectivity index (χ2n) is 4.00. The third-order valence-electron chi connectivity index (χ3n) is 2.71. The molecular formula is C12H9BrN4O2S. The Balaban J connectivity index is 2.07. The molecule has 0 saturated carbocycles. The molecular weight excluding hydrogens is 344 g/mol. The smallest absolute Gasteiger partial charge is 0.264 e. The van der Waals surface area contributed by atoms with Crippen LogP contribution >= 0.6 is 15.9 Å². The number of pyridine rings is 2. The molecule has 0 saturated heterocycles. The minimum atomic E-state index is -3.71. The van der Waals surface area contributed by atoms with Crippen molar-refractivity contribution in [2.75, 3.05) is 4.72 Å². The van der Waals surface area contributed by atoms with E-state index in [9.17, 15) is 8.42 Å². The fraction of sp³-hybridized carbons (Fsp3) is 0. The number of anilines is 1. The summed E-state index contributed by atoms with van der Waals surface area (Å²) >= 11 is 3.20. The number of aromatic nitrogens is 3. The van der Waals surface area contributed by atoms with Crippen molar-refractivity contribution in [3.05, 3.63) is 47.5 Å². The highest BCUT2D eigenvalue weighted by Gasteiger charge is 2.20. The molecule has 0 atom stereocenters. The standard InChI is InChI=1S/C12H9BrN4O2S/c13-11-9(4-2-5-14-11)17-20(18,19)10-7-16-12-8(10)3-1-6-15-12/h1-7,17H,(H,15,16). The van der Waals surface area contributed by atoms with Gasteiger partial charge in [-0.2, -0.15) is 0 Å². The largest absolute Gasteiger partial charge is 0.345 e. The van der Waals surface area contributed by atoms with Gasteiger partial charge in [-0.15, -0.1) is 0 Å². The minimum Gasteiger partial charge on any atom is -0.345 e. The lowest BCUT2D eigenvalue weighted by Crippen LogP contribution is -2.13. The Bertz CT molecular complexity index is 876. The molecule has 0 fully saturated rings. The summed E-state index contributed by atoms with van der Waals surface area (Å²) in [6, 6.07) is 6.67. The third kappa shape index (κ3) is 2.27. The van der Waals surface area contributed by atoms with Crippen LogP contribution in [0.1, 0.15) is 0 Å². The number of hydrogen-bond acceptors (Lipinski definition) is 4. The Kier molecular flexibility index (Phi) is 3.19. The summed E-state index contributed by atoms with van der Waals surface area (Å²) < 4.78 is 27.8. The summed E-state index contributed by atoms with van der Waals surface area (Å²) in [7, 11) is -3.71. The first-order valence-electron chi connectivity index (χ1n) is 5.63. The molecule has 3 aromatic heterocycles. The van der Waals surface area contributed by atoms with Crippen LogP contribution in [-0.4, -0.2) is 23.4 Å². The molecule has 2 N–H and O–H groups in total. The molecule has 0 aromatic carbocycles. The maximum atomic E-state index is 12.4. The second-order valence-corrected chi connectivity index (χ2v) is 6.40. The molecule has 8 heteroatoms. The van der Waals surface area contributed by atoms with E-state index in [2.05, 4.69) is 35.6 Å². The van der Waals surface area contributed by atoms with Crippen LogP contribution < -0.4 is 4.72 Å². The Morgan fingerprint density at radius 1 is 1.15 bits per heavy atom. The summed E-state index contributed by atoms with van der Waals surface area (Å²) in [4.78, 5) is 11.0. The number of halogens is 1. The quantitative estimate of drug-likeness (QED) is 0.709. The van der Waals surface area contributed by atoms with Crippen LogP contribution in [0.5, 0.6) is 0 Å². The molecule has 3 aromatic rings. The fourth-order valence-electron chi connectivity index (χ4n) is 1.82. The first-order chi connectivity index (χ1) is 9.58. The zero-order valence-corrected chi connectivity index (χ0v) is 12.4. The number of fused-ring (bicyclic) bond motifs is 1. The summed E-state index contributed by atoms with van der Waals surface area (Å²) in [5, 5.41) is 0.542. The van der Waals surface area contributed by atoms with Gasteiger partial charge >= 0.3 is 0 Å². The van der Waals surface area contributed by atoms with E-state index in [0.717, 1.165) is 0 Å². The number of rotatable bonds is 3. The van der Waals surface area contributed by atoms with Gasteiger partial charge in [0.25, 0.3) is 10.0 Å². The lowest BCUT2D eigenvalue weighted by molar-refractivity contribution is 0.602. The average Bonchev–Trinajstić information content (AvgIpc) is 2.86. The molecule has 0 aliphatic heterocycles. The number of nitrogens with one attached hydrogen (secondary N) is 2. The van der Waals surface area contributed by atoms with Gasteiger partial charge in [-0.3, -0.25) is 4.72 Å². The van der Waals surface area contributed by atoms with Crippen LogP contribution in [0.2, 0.25) is 0 Å². The molecule has 102 valence electrons. The van der Waals surface area contributed by atoms with E-state index in [1.807, 2.05) is 0 Å². The van der Waals surface area contributed by atoms with Gasteiger partial charge in [-0.05, 0) is 40.2 Å². The second kappa shape index (κ2) is 4.88. The van der Waals surface area contributed by atoms with Gasteiger partial charge in [0.15, 0.2) is 0 Å². The third-order valence-corrected chi connectivity index (χ3v) is 4.74. The van der Waals surface area contributed by atoms with Crippen molar-refractivity contribution in [2.24, 2.45) is 0 Å². The van der Waals surface area contributed by atoms with Gasteiger partial charge in [-0.1, -0.05) is 0 Å². The van der Waals surface area contributed by atoms with Crippen molar-refractivity contribution in [1.29, 1.82) is 0 Å². The van der Waals surface area contributed by atoms with Crippen molar-refractivity contribution in [3.63, 3.8) is 0 Å². The van der Waals surface area contributed by atoms with Crippen molar-refractivity contribution in [1.82, 2.24) is 15.0 Å². The van der Waals surface area contributed by atoms with Crippen LogP contribution in [0, 0.1) is 0 Å². The molecule has 0 bridgehead atoms. The molecule has 0 radical (unpaired) electrons. The van der Waals surface area contributed by atoms with Crippen LogP contribution in [0.25, 0.3) is 11.0 Å². The van der Waals surface area contributed by atoms with E-state index < -0.39 is 10.0 Å². The highest BCUT2D eigenvalue weighted by Crippen LogP contribution is 2.26. The van der Waals surface area contributed by atoms with Crippen LogP contribution in [0.3, 0.4) is 0 Å². The number of aromatic amines is 1. The Morgan fingerprint density at radius 3 is 2.70 bits per heavy atom. The van der Waals surface area contributed by atoms with Crippen LogP contribution in [0.4, 0.5) is 5.69 Å². The van der Waals surface area contributed by atoms with Crippen LogP contribution in [-0.2, 0) is 10.0 Å². The summed E-state index contributed by atoms with van der Waals surface area (Å²) in [6.07, 6.45) is 4.59. The topological polar surface area (TPSA) is 87.7 Å². The van der Waals surface area contributed by atoms with Gasteiger partial charge in [0.1, 0.15) is 15.1 Å². The molecule has 0 amide bonds. The molecule has 0 spiro atoms. The van der Waals surface area contributed by atoms with Gasteiger partial charge < -0.3 is 4.98 Å². The molecule has 20 heavy (non-hydrogen) atoms. The van der Waals surface area contributed by atoms with Crippen molar-refractivity contribution < 1.29 is 8.42 Å². The molecule has 0 aliphatic carbocycles. The van der Waals surface area contributed by atoms with E-state index in [-0.39, 0.29) is 4.90 Å². The van der Waals surface area contributed by atoms with E-state index in [1.165, 1.54) is 6.20 Å². The van der Waals surface area contributed by atoms with Gasteiger partial charge in [0.2, 0.25) is 0 Å². The number of H-pyrrole nitrogens is 1. The number of hydrogen-bond donors (Lipinski definition) is 2. The lowest BCUT2D eigenvalue weighted by atomic mass is 10.3. The van der Waals surface area contributed by atoms with Crippen molar-refractivity contribution >= 4 is 42.7 Å². The monoisotopic (exact) mass is 352 g/mol. The minimum absolute atomic E-state index is 0.149. The molecule has 3 heterocycles. The van der Waals surface area contributed by atoms with E-state index in [4.69, 9.17) is 0 Å². The highest BCUT2D eigenvalue weighted by molar-refractivity contribution is 9.10. The zero-order chi connectivity index (χ0) is 14.2. The number of sulfonamides is 1. The normalized spacial score (nSPS) is 11.7. The maximum absolute atomic E-state index is 12.4. The molecule has 0 aliphatic rings. The molecule has 0 unspecified atom stereocenters. The van der Waals surface area contributed by atoms with Gasteiger partial charge in [0, 0.05) is 24.0 Å². The number of nitrogens with zero attached hydrogens (tertiary/aromatic N) is 2. The SMILES string of the molecule is O=S(=O)(Nc1cccnc1Br)c1c[nH]c2ncccc12. The van der Waals surface area contributed by atoms with Gasteiger partial charge in [-0.25, -0.2) is 18.4 Å². The molecule has 3 rings (SSSR count). The summed E-state index contributed by atoms with van der Waals surface area (Å²) in [5.74, 6) is 0. The maximum Gasteiger partial charge on any atom is 0.264 e. The van der Waals surface area contributed by atoms with E-state index in [0.29, 0.717) is 21.3 Å². The summed E-state index contributed by atoms with van der Waals surface area (Å²) in [5.41, 5.74) is 0.906. The lowest BCUT2D eigenvalue weighted by Gasteiger charge is -2.07. The zero-order valence-electron chi connectivity index (χ0n) is 10.0. The first kappa shape index (κ1) is 13.1. The van der Waals surface area contributed by atoms with E-state index >= 15 is 0 Å². The predicted octanol–water partition coefficient (Wildman–Crippen LogP) is 2.52. The Labute approximate surface area is 123 Å². The average molecular weight is 353 g/mol. The van der Waals surface area contributed by atoms with Gasteiger partial charge in [0.05, 0.1) is 5.69 Å². The Morgan fingerprint density at radius 2 is 1.90 bits per heavy atom. The summed E-state index contributed by atoms with van der Waals surface area (Å²) in [6.45, 7) is 0. The van der Waals surface area contributed by atoms with E-state index in [1.54, 1.807) is 36.7 Å². The van der Waals surface area contributed by atoms with Crippen molar-refractivity contribution in [2.45, 2.75) is 4.90 Å². The fourth-order valence-corrected chi connectivity index (χ4v) is 3.53. The van der Waals surface area contributed by atoms with Crippen LogP contribution in [0.15, 0.2) is 52.4 Å². The predicted molar refractivity (Wildman–Crippen MR) is 78.8 cm³/mol. The first-order valence-corrected chi connectivity index (χ1v) is 7.91. The Hall–Kier alpha value is -1.93. The van der Waals surface area contributed by atoms with Crippen molar-refractivity contribution in [3.8, 4) is 0 Å². The molecule has 6 nitrogen and oxygen atoms in total. The highest BCUT2D eigenvalue weighted by atomic mass is 79.9.